The van der Waals surface area contributed by atoms with Gasteiger partial charge in [0.05, 0.1) is 40.5 Å². The van der Waals surface area contributed by atoms with E-state index in [1.54, 1.807) is 12.3 Å². The molecule has 3 N–H and O–H groups in total. The molecule has 1 amide bonds. The molecule has 37 heavy (non-hydrogen) atoms. The zero-order valence-corrected chi connectivity index (χ0v) is 20.1. The number of amides is 1. The fourth-order valence-electron chi connectivity index (χ4n) is 4.52. The van der Waals surface area contributed by atoms with Crippen LogP contribution in [-0.4, -0.2) is 43.3 Å². The number of carbonyl (C=O) groups excluding carboxylic acids is 1. The summed E-state index contributed by atoms with van der Waals surface area (Å²) >= 11 is 0. The number of halogens is 4. The van der Waals surface area contributed by atoms with Crippen LogP contribution in [0.2, 0.25) is 0 Å². The van der Waals surface area contributed by atoms with Gasteiger partial charge in [-0.2, -0.15) is 0 Å². The summed E-state index contributed by atoms with van der Waals surface area (Å²) < 4.78 is 59.7. The first-order chi connectivity index (χ1) is 17.7. The van der Waals surface area contributed by atoms with E-state index in [9.17, 15) is 18.0 Å². The molecule has 3 aromatic rings. The molecule has 1 saturated heterocycles. The third kappa shape index (κ3) is 5.56. The molecule has 2 heterocycles. The first-order valence-corrected chi connectivity index (χ1v) is 11.5. The second-order valence-corrected chi connectivity index (χ2v) is 8.91. The molecular formula is C26H25F4N5O2. The van der Waals surface area contributed by atoms with Crippen molar-refractivity contribution in [2.75, 3.05) is 30.4 Å². The number of benzene rings is 2. The molecule has 194 valence electrons. The van der Waals surface area contributed by atoms with Gasteiger partial charge in [-0.25, -0.2) is 17.6 Å². The number of nitrogens with two attached hydrogens (primary N) is 1. The molecular weight excluding hydrogens is 490 g/mol. The quantitative estimate of drug-likeness (QED) is 0.282. The summed E-state index contributed by atoms with van der Waals surface area (Å²) in [5.74, 6) is -5.74. The summed E-state index contributed by atoms with van der Waals surface area (Å²) in [6.07, 6.45) is 4.85. The van der Waals surface area contributed by atoms with Gasteiger partial charge in [0.25, 0.3) is 5.91 Å². The number of anilines is 2. The Morgan fingerprint density at radius 1 is 1.14 bits per heavy atom. The van der Waals surface area contributed by atoms with Crippen LogP contribution in [0.1, 0.15) is 29.3 Å². The third-order valence-electron chi connectivity index (χ3n) is 6.04. The summed E-state index contributed by atoms with van der Waals surface area (Å²) in [5, 5.41) is 6.00. The van der Waals surface area contributed by atoms with Crippen LogP contribution in [0.15, 0.2) is 47.9 Å². The molecule has 0 unspecified atom stereocenters. The lowest BCUT2D eigenvalue weighted by atomic mass is 9.96. The molecule has 0 radical (unpaired) electrons. The van der Waals surface area contributed by atoms with Gasteiger partial charge in [-0.1, -0.05) is 12.1 Å². The predicted molar refractivity (Wildman–Crippen MR) is 132 cm³/mol. The van der Waals surface area contributed by atoms with Crippen LogP contribution in [0.4, 0.5) is 28.9 Å². The second kappa shape index (κ2) is 11.0. The monoisotopic (exact) mass is 515 g/mol. The highest BCUT2D eigenvalue weighted by Gasteiger charge is 2.27. The number of oxime groups is 1. The van der Waals surface area contributed by atoms with Crippen molar-refractivity contribution in [3.05, 3.63) is 77.1 Å². The van der Waals surface area contributed by atoms with Gasteiger partial charge < -0.3 is 20.8 Å². The van der Waals surface area contributed by atoms with Gasteiger partial charge in [0, 0.05) is 30.9 Å². The van der Waals surface area contributed by atoms with Crippen LogP contribution in [0, 0.1) is 29.2 Å². The summed E-state index contributed by atoms with van der Waals surface area (Å²) in [7, 11) is 1.25. The normalized spacial score (nSPS) is 17.8. The van der Waals surface area contributed by atoms with Crippen molar-refractivity contribution in [2.24, 2.45) is 16.8 Å². The van der Waals surface area contributed by atoms with E-state index in [4.69, 9.17) is 5.73 Å². The molecule has 4 rings (SSSR count). The number of hydrogen-bond donors (Lipinski definition) is 2. The van der Waals surface area contributed by atoms with Crippen molar-refractivity contribution >= 4 is 23.5 Å². The van der Waals surface area contributed by atoms with Crippen molar-refractivity contribution in [1.82, 2.24) is 4.98 Å². The smallest absolute Gasteiger partial charge is 0.258 e. The Kier molecular flexibility index (Phi) is 7.72. The SMILES string of the molecule is CO/N=C/c1cc(F)c(-c2c(F)ccc(C(=O)Nc3cnccc3N3C[C@H](C)C[C@H](N)C3)c2F)c(F)c1. The molecule has 2 atom stereocenters. The largest absolute Gasteiger partial charge is 0.399 e. The highest BCUT2D eigenvalue weighted by Crippen LogP contribution is 2.34. The number of carbonyl (C=O) groups is 1. The molecule has 1 aromatic heterocycles. The van der Waals surface area contributed by atoms with Crippen molar-refractivity contribution in [1.29, 1.82) is 0 Å². The molecule has 1 fully saturated rings. The molecule has 2 aromatic carbocycles. The summed E-state index contributed by atoms with van der Waals surface area (Å²) in [4.78, 5) is 23.6. The number of aromatic nitrogens is 1. The van der Waals surface area contributed by atoms with E-state index in [-0.39, 0.29) is 11.6 Å². The van der Waals surface area contributed by atoms with Crippen LogP contribution >= 0.6 is 0 Å². The molecule has 11 heteroatoms. The van der Waals surface area contributed by atoms with E-state index >= 15 is 4.39 Å². The molecule has 0 aliphatic carbocycles. The van der Waals surface area contributed by atoms with Gasteiger partial charge >= 0.3 is 0 Å². The lowest BCUT2D eigenvalue weighted by Crippen LogP contribution is -2.46. The Morgan fingerprint density at radius 2 is 1.86 bits per heavy atom. The molecule has 1 aliphatic heterocycles. The van der Waals surface area contributed by atoms with Crippen LogP contribution < -0.4 is 16.0 Å². The summed E-state index contributed by atoms with van der Waals surface area (Å²) in [6.45, 7) is 3.31. The maximum Gasteiger partial charge on any atom is 0.258 e. The Hall–Kier alpha value is -3.99. The molecule has 1 aliphatic rings. The minimum absolute atomic E-state index is 0.0221. The number of nitrogens with zero attached hydrogens (tertiary/aromatic N) is 3. The number of pyridine rings is 1. The second-order valence-electron chi connectivity index (χ2n) is 8.91. The predicted octanol–water partition coefficient (Wildman–Crippen LogP) is 4.71. The Morgan fingerprint density at radius 3 is 2.54 bits per heavy atom. The van der Waals surface area contributed by atoms with E-state index in [0.29, 0.717) is 30.4 Å². The minimum Gasteiger partial charge on any atom is -0.399 e. The topological polar surface area (TPSA) is 92.8 Å². The summed E-state index contributed by atoms with van der Waals surface area (Å²) in [5.41, 5.74) is 4.51. The van der Waals surface area contributed by atoms with Crippen molar-refractivity contribution in [2.45, 2.75) is 19.4 Å². The highest BCUT2D eigenvalue weighted by molar-refractivity contribution is 6.06. The Labute approximate surface area is 210 Å². The average Bonchev–Trinajstić information content (AvgIpc) is 2.84. The van der Waals surface area contributed by atoms with Gasteiger partial charge in [-0.15, -0.1) is 0 Å². The fraction of sp³-hybridized carbons (Fsp3) is 0.269. The first kappa shape index (κ1) is 26.1. The van der Waals surface area contributed by atoms with Crippen LogP contribution in [-0.2, 0) is 4.84 Å². The molecule has 7 nitrogen and oxygen atoms in total. The van der Waals surface area contributed by atoms with Gasteiger partial charge in [-0.05, 0) is 42.7 Å². The van der Waals surface area contributed by atoms with E-state index in [1.165, 1.54) is 13.3 Å². The van der Waals surface area contributed by atoms with Crippen LogP contribution in [0.5, 0.6) is 0 Å². The average molecular weight is 516 g/mol. The van der Waals surface area contributed by atoms with Crippen LogP contribution in [0.3, 0.4) is 0 Å². The van der Waals surface area contributed by atoms with E-state index in [0.717, 1.165) is 36.9 Å². The lowest BCUT2D eigenvalue weighted by molar-refractivity contribution is 0.102. The number of nitrogens with one attached hydrogen (secondary N) is 1. The van der Waals surface area contributed by atoms with Gasteiger partial charge in [-0.3, -0.25) is 9.78 Å². The van der Waals surface area contributed by atoms with E-state index in [1.807, 2.05) is 4.90 Å². The van der Waals surface area contributed by atoms with Gasteiger partial charge in [0.15, 0.2) is 0 Å². The Bertz CT molecular complexity index is 1320. The lowest BCUT2D eigenvalue weighted by Gasteiger charge is -2.37. The highest BCUT2D eigenvalue weighted by atomic mass is 19.1. The van der Waals surface area contributed by atoms with Gasteiger partial charge in [0.2, 0.25) is 0 Å². The fourth-order valence-corrected chi connectivity index (χ4v) is 4.52. The van der Waals surface area contributed by atoms with Crippen LogP contribution in [0.25, 0.3) is 11.1 Å². The first-order valence-electron chi connectivity index (χ1n) is 11.5. The Balaban J connectivity index is 1.69. The van der Waals surface area contributed by atoms with Gasteiger partial charge in [0.1, 0.15) is 30.4 Å². The third-order valence-corrected chi connectivity index (χ3v) is 6.04. The number of rotatable bonds is 6. The minimum atomic E-state index is -1.41. The standard InChI is InChI=1S/C26H25F4N5O2/c1-14-7-16(31)13-35(12-14)22-5-6-32-11-21(22)34-26(36)17-3-4-18(27)24(25(17)30)23-19(28)8-15(9-20(23)29)10-33-37-2/h3-6,8-11,14,16H,7,12-13,31H2,1-2H3,(H,34,36)/b33-10+/t14-,16+/m1/s1. The molecule has 0 spiro atoms. The van der Waals surface area contributed by atoms with Crippen molar-refractivity contribution in [3.8, 4) is 11.1 Å². The van der Waals surface area contributed by atoms with Crippen molar-refractivity contribution < 1.29 is 27.2 Å². The van der Waals surface area contributed by atoms with Crippen molar-refractivity contribution in [3.63, 3.8) is 0 Å². The zero-order chi connectivity index (χ0) is 26.7. The molecule has 0 saturated carbocycles. The zero-order valence-electron chi connectivity index (χ0n) is 20.1. The summed E-state index contributed by atoms with van der Waals surface area (Å²) in [6, 6.07) is 5.02. The molecule has 0 bridgehead atoms. The van der Waals surface area contributed by atoms with E-state index in [2.05, 4.69) is 27.2 Å². The maximum atomic E-state index is 15.5. The maximum absolute atomic E-state index is 15.5. The van der Waals surface area contributed by atoms with E-state index < -0.39 is 45.9 Å². The number of hydrogen-bond acceptors (Lipinski definition) is 6. The number of piperidine rings is 1.